The van der Waals surface area contributed by atoms with Crippen LogP contribution in [0.3, 0.4) is 0 Å². The molecule has 0 aliphatic carbocycles. The van der Waals surface area contributed by atoms with Crippen molar-refractivity contribution in [2.24, 2.45) is 0 Å². The lowest BCUT2D eigenvalue weighted by Gasteiger charge is -2.14. The minimum atomic E-state index is -3.92. The number of nitrogens with one attached hydrogen (secondary N) is 2. The van der Waals surface area contributed by atoms with Crippen molar-refractivity contribution < 1.29 is 26.7 Å². The number of alkyl halides is 2. The first kappa shape index (κ1) is 21.3. The molecule has 1 aliphatic heterocycles. The third-order valence-electron chi connectivity index (χ3n) is 5.06. The van der Waals surface area contributed by atoms with Crippen LogP contribution in [0.15, 0.2) is 59.8 Å². The molecule has 1 aromatic carbocycles. The zero-order valence-corrected chi connectivity index (χ0v) is 17.1. The predicted molar refractivity (Wildman–Crippen MR) is 108 cm³/mol. The van der Waals surface area contributed by atoms with Gasteiger partial charge in [-0.3, -0.25) is 9.78 Å². The highest BCUT2D eigenvalue weighted by atomic mass is 32.2. The van der Waals surface area contributed by atoms with Crippen molar-refractivity contribution in [3.63, 3.8) is 0 Å². The average Bonchev–Trinajstić information content (AvgIpc) is 3.36. The van der Waals surface area contributed by atoms with Crippen molar-refractivity contribution in [2.45, 2.75) is 36.6 Å². The number of nitrogens with zero attached hydrogens (tertiary/aromatic N) is 2. The van der Waals surface area contributed by atoms with Crippen molar-refractivity contribution in [1.29, 1.82) is 0 Å². The summed E-state index contributed by atoms with van der Waals surface area (Å²) in [4.78, 5) is 16.7. The van der Waals surface area contributed by atoms with Crippen LogP contribution in [0.2, 0.25) is 0 Å². The van der Waals surface area contributed by atoms with Crippen molar-refractivity contribution in [3.05, 3.63) is 60.6 Å². The smallest absolute Gasteiger partial charge is 0.345 e. The summed E-state index contributed by atoms with van der Waals surface area (Å²) in [5, 5.41) is 6.14. The Morgan fingerprint density at radius 1 is 1.29 bits per heavy atom. The van der Waals surface area contributed by atoms with Gasteiger partial charge in [-0.25, -0.2) is 12.4 Å². The normalized spacial score (nSPS) is 19.2. The second-order valence-electron chi connectivity index (χ2n) is 7.09. The Bertz CT molecular complexity index is 1180. The largest absolute Gasteiger partial charge is 0.349 e. The molecule has 2 aromatic heterocycles. The van der Waals surface area contributed by atoms with Crippen LogP contribution in [-0.4, -0.2) is 48.6 Å². The molecule has 1 fully saturated rings. The number of halogens is 2. The van der Waals surface area contributed by atoms with Gasteiger partial charge in [0.1, 0.15) is 0 Å². The van der Waals surface area contributed by atoms with Gasteiger partial charge in [0.25, 0.3) is 10.0 Å². The number of amides is 1. The number of pyridine rings is 1. The summed E-state index contributed by atoms with van der Waals surface area (Å²) in [6.07, 6.45) is 2.38. The van der Waals surface area contributed by atoms with Gasteiger partial charge in [-0.05, 0) is 30.7 Å². The summed E-state index contributed by atoms with van der Waals surface area (Å²) in [5.74, 6) is -0.424. The van der Waals surface area contributed by atoms with E-state index in [-0.39, 0.29) is 24.4 Å². The molecule has 2 atom stereocenters. The quantitative estimate of drug-likeness (QED) is 0.570. The number of carbonyl (C=O) groups is 1. The van der Waals surface area contributed by atoms with Gasteiger partial charge < -0.3 is 15.4 Å². The van der Waals surface area contributed by atoms with E-state index in [2.05, 4.69) is 20.4 Å². The summed E-state index contributed by atoms with van der Waals surface area (Å²) in [7, 11) is -3.92. The van der Waals surface area contributed by atoms with E-state index < -0.39 is 34.7 Å². The molecule has 3 heterocycles. The first-order chi connectivity index (χ1) is 14.9. The van der Waals surface area contributed by atoms with Crippen molar-refractivity contribution in [3.8, 4) is 0 Å². The van der Waals surface area contributed by atoms with E-state index in [0.717, 1.165) is 0 Å². The number of benzene rings is 1. The number of fused-ring (bicyclic) bond motifs is 1. The number of carbonyl (C=O) groups excluding carboxylic acids is 1. The number of ether oxygens (including phenoxy) is 1. The van der Waals surface area contributed by atoms with Crippen molar-refractivity contribution in [1.82, 2.24) is 19.6 Å². The predicted octanol–water partition coefficient (Wildman–Crippen LogP) is 1.86. The molecule has 1 amide bonds. The van der Waals surface area contributed by atoms with Crippen LogP contribution in [0.5, 0.6) is 0 Å². The van der Waals surface area contributed by atoms with Gasteiger partial charge in [0, 0.05) is 24.3 Å². The fraction of sp³-hybridized carbons (Fsp3) is 0.300. The van der Waals surface area contributed by atoms with Crippen LogP contribution >= 0.6 is 0 Å². The molecule has 31 heavy (non-hydrogen) atoms. The highest BCUT2D eigenvalue weighted by molar-refractivity contribution is 7.90. The molecule has 3 aromatic rings. The topological polar surface area (TPSA) is 102 Å². The fourth-order valence-corrected chi connectivity index (χ4v) is 5.21. The molecule has 0 bridgehead atoms. The standard InChI is InChI=1S/C20H20F2N4O4S/c21-20(22)30-15-9-17(24-12-15)19(27)25-11-14-8-13-10-23-7-6-18(13)26(14)31(28,29)16-4-2-1-3-5-16/h1-8,10,15,17,20,24H,9,11-12H2,(H,25,27)/t15?,17-/m0/s1. The minimum absolute atomic E-state index is 0.0713. The van der Waals surface area contributed by atoms with E-state index in [1.165, 1.54) is 22.3 Å². The molecule has 1 aliphatic rings. The molecule has 11 heteroatoms. The number of hydrogen-bond acceptors (Lipinski definition) is 6. The van der Waals surface area contributed by atoms with Gasteiger partial charge in [0.15, 0.2) is 0 Å². The molecule has 1 saturated heterocycles. The van der Waals surface area contributed by atoms with Crippen LogP contribution in [-0.2, 0) is 26.1 Å². The second kappa shape index (κ2) is 8.69. The lowest BCUT2D eigenvalue weighted by molar-refractivity contribution is -0.157. The fourth-order valence-electron chi connectivity index (χ4n) is 3.65. The van der Waals surface area contributed by atoms with Gasteiger partial charge in [0.05, 0.1) is 34.8 Å². The zero-order valence-electron chi connectivity index (χ0n) is 16.2. The van der Waals surface area contributed by atoms with E-state index in [1.54, 1.807) is 36.5 Å². The zero-order chi connectivity index (χ0) is 22.0. The average molecular weight is 450 g/mol. The first-order valence-corrected chi connectivity index (χ1v) is 11.0. The number of hydrogen-bond donors (Lipinski definition) is 2. The van der Waals surface area contributed by atoms with Crippen molar-refractivity contribution in [2.75, 3.05) is 6.54 Å². The third kappa shape index (κ3) is 4.43. The molecule has 0 saturated carbocycles. The lowest BCUT2D eigenvalue weighted by atomic mass is 10.2. The lowest BCUT2D eigenvalue weighted by Crippen LogP contribution is -2.40. The maximum Gasteiger partial charge on any atom is 0.345 e. The van der Waals surface area contributed by atoms with E-state index >= 15 is 0 Å². The van der Waals surface area contributed by atoms with Gasteiger partial charge >= 0.3 is 6.61 Å². The van der Waals surface area contributed by atoms with Crippen LogP contribution in [0.25, 0.3) is 10.9 Å². The van der Waals surface area contributed by atoms with E-state index in [4.69, 9.17) is 0 Å². The highest BCUT2D eigenvalue weighted by Crippen LogP contribution is 2.25. The Labute approximate surface area is 177 Å². The van der Waals surface area contributed by atoms with Gasteiger partial charge in [-0.2, -0.15) is 8.78 Å². The Hall–Kier alpha value is -2.89. The van der Waals surface area contributed by atoms with E-state index in [0.29, 0.717) is 16.6 Å². The summed E-state index contributed by atoms with van der Waals surface area (Å²) >= 11 is 0. The summed E-state index contributed by atoms with van der Waals surface area (Å²) in [6.45, 7) is -2.84. The summed E-state index contributed by atoms with van der Waals surface area (Å²) in [6, 6.07) is 10.5. The molecular weight excluding hydrogens is 430 g/mol. The van der Waals surface area contributed by atoms with Crippen molar-refractivity contribution >= 4 is 26.8 Å². The maximum absolute atomic E-state index is 13.3. The first-order valence-electron chi connectivity index (χ1n) is 9.56. The molecule has 0 radical (unpaired) electrons. The summed E-state index contributed by atoms with van der Waals surface area (Å²) in [5.41, 5.74) is 0.783. The maximum atomic E-state index is 13.3. The molecule has 8 nitrogen and oxygen atoms in total. The molecule has 164 valence electrons. The van der Waals surface area contributed by atoms with Gasteiger partial charge in [-0.1, -0.05) is 18.2 Å². The van der Waals surface area contributed by atoms with Crippen LogP contribution < -0.4 is 10.6 Å². The van der Waals surface area contributed by atoms with Gasteiger partial charge in [0.2, 0.25) is 5.91 Å². The van der Waals surface area contributed by atoms with Gasteiger partial charge in [-0.15, -0.1) is 0 Å². The van der Waals surface area contributed by atoms with E-state index in [9.17, 15) is 22.0 Å². The molecular formula is C20H20F2N4O4S. The van der Waals surface area contributed by atoms with Crippen LogP contribution in [0, 0.1) is 0 Å². The van der Waals surface area contributed by atoms with Crippen LogP contribution in [0.4, 0.5) is 8.78 Å². The Kier molecular flexibility index (Phi) is 5.99. The van der Waals surface area contributed by atoms with Crippen LogP contribution in [0.1, 0.15) is 12.1 Å². The molecule has 0 spiro atoms. The molecule has 1 unspecified atom stereocenters. The number of aromatic nitrogens is 2. The Balaban J connectivity index is 1.58. The molecule has 4 rings (SSSR count). The van der Waals surface area contributed by atoms with E-state index in [1.807, 2.05) is 0 Å². The SMILES string of the molecule is O=C(NCc1cc2cnccc2n1S(=O)(=O)c1ccccc1)[C@@H]1CC(OC(F)F)CN1. The molecule has 2 N–H and O–H groups in total. The number of rotatable bonds is 7. The Morgan fingerprint density at radius 3 is 2.81 bits per heavy atom. The monoisotopic (exact) mass is 450 g/mol. The summed E-state index contributed by atoms with van der Waals surface area (Å²) < 4.78 is 57.0. The highest BCUT2D eigenvalue weighted by Gasteiger charge is 2.32. The second-order valence-corrected chi connectivity index (χ2v) is 8.87. The minimum Gasteiger partial charge on any atom is -0.349 e. The third-order valence-corrected chi connectivity index (χ3v) is 6.84. The Morgan fingerprint density at radius 2 is 2.06 bits per heavy atom.